The number of pyridine rings is 1. The molecular weight excluding hydrogens is 390 g/mol. The Kier molecular flexibility index (Phi) is 5.21. The van der Waals surface area contributed by atoms with Crippen molar-refractivity contribution in [2.24, 2.45) is 0 Å². The third kappa shape index (κ3) is 3.94. The fourth-order valence-electron chi connectivity index (χ4n) is 2.76. The largest absolute Gasteiger partial charge is 0.433 e. The van der Waals surface area contributed by atoms with Crippen molar-refractivity contribution in [3.05, 3.63) is 87.8 Å². The van der Waals surface area contributed by atoms with Crippen molar-refractivity contribution in [1.29, 1.82) is 0 Å². The maximum Gasteiger partial charge on any atom is 0.433 e. The number of benzene rings is 1. The van der Waals surface area contributed by atoms with Gasteiger partial charge in [-0.15, -0.1) is 10.2 Å². The molecule has 0 aliphatic heterocycles. The smallest absolute Gasteiger partial charge is 0.401 e. The Hall–Kier alpha value is -3.72. The van der Waals surface area contributed by atoms with Crippen LogP contribution in [-0.2, 0) is 0 Å². The van der Waals surface area contributed by atoms with E-state index in [-0.39, 0.29) is 5.88 Å². The minimum Gasteiger partial charge on any atom is -0.401 e. The van der Waals surface area contributed by atoms with Gasteiger partial charge in [0.05, 0.1) is 11.8 Å². The minimum absolute atomic E-state index is 0.294. The van der Waals surface area contributed by atoms with Crippen LogP contribution >= 0.6 is 11.8 Å². The molecule has 0 aliphatic carbocycles. The van der Waals surface area contributed by atoms with E-state index in [1.165, 1.54) is 17.8 Å². The van der Waals surface area contributed by atoms with E-state index >= 15 is 0 Å². The van der Waals surface area contributed by atoms with Crippen molar-refractivity contribution < 1.29 is 9.34 Å². The van der Waals surface area contributed by atoms with Crippen molar-refractivity contribution in [2.75, 3.05) is 0 Å². The average Bonchev–Trinajstić information content (AvgIpc) is 3.37. The first kappa shape index (κ1) is 18.6. The third-order valence-corrected chi connectivity index (χ3v) is 4.87. The monoisotopic (exact) mass is 405 g/mol. The quantitative estimate of drug-likeness (QED) is 0.255. The standard InChI is InChI=1S/C20H15N5O3S/c1-14-4-2-3-5-17(14)24-19(15-8-11-21-12-9-15)22-23-20(24)29-13-10-16-6-7-18(28-16)25(26)27/h2-13H,1H3/b13-10+. The molecule has 0 spiro atoms. The lowest BCUT2D eigenvalue weighted by molar-refractivity contribution is -0.402. The number of furan rings is 1. The topological polar surface area (TPSA) is 99.9 Å². The van der Waals surface area contributed by atoms with Crippen LogP contribution in [0.4, 0.5) is 5.88 Å². The predicted molar refractivity (Wildman–Crippen MR) is 110 cm³/mol. The van der Waals surface area contributed by atoms with Crippen LogP contribution in [-0.4, -0.2) is 24.7 Å². The number of nitro groups is 1. The van der Waals surface area contributed by atoms with Gasteiger partial charge in [0.2, 0.25) is 0 Å². The van der Waals surface area contributed by atoms with Gasteiger partial charge in [-0.1, -0.05) is 30.0 Å². The van der Waals surface area contributed by atoms with Crippen LogP contribution in [0.2, 0.25) is 0 Å². The highest BCUT2D eigenvalue weighted by molar-refractivity contribution is 8.02. The van der Waals surface area contributed by atoms with Gasteiger partial charge in [-0.25, -0.2) is 0 Å². The molecule has 0 saturated carbocycles. The fraction of sp³-hybridized carbons (Fsp3) is 0.0500. The van der Waals surface area contributed by atoms with Gasteiger partial charge < -0.3 is 4.42 Å². The van der Waals surface area contributed by atoms with Crippen LogP contribution in [0, 0.1) is 17.0 Å². The Labute approximate surface area is 170 Å². The van der Waals surface area contributed by atoms with Gasteiger partial charge in [-0.05, 0) is 48.2 Å². The summed E-state index contributed by atoms with van der Waals surface area (Å²) in [6.07, 6.45) is 5.08. The average molecular weight is 405 g/mol. The first-order valence-corrected chi connectivity index (χ1v) is 9.50. The predicted octanol–water partition coefficient (Wildman–Crippen LogP) is 4.90. The summed E-state index contributed by atoms with van der Waals surface area (Å²) < 4.78 is 7.12. The fourth-order valence-corrected chi connectivity index (χ4v) is 3.46. The van der Waals surface area contributed by atoms with Crippen LogP contribution in [0.1, 0.15) is 11.3 Å². The van der Waals surface area contributed by atoms with Crippen LogP contribution in [0.3, 0.4) is 0 Å². The van der Waals surface area contributed by atoms with Gasteiger partial charge in [0, 0.05) is 18.0 Å². The van der Waals surface area contributed by atoms with E-state index in [9.17, 15) is 10.1 Å². The Bertz CT molecular complexity index is 1180. The molecule has 1 aromatic carbocycles. The number of thioether (sulfide) groups is 1. The summed E-state index contributed by atoms with van der Waals surface area (Å²) in [6.45, 7) is 2.03. The van der Waals surface area contributed by atoms with Crippen LogP contribution < -0.4 is 0 Å². The summed E-state index contributed by atoms with van der Waals surface area (Å²) in [5, 5.41) is 21.9. The molecule has 0 amide bonds. The molecule has 0 unspecified atom stereocenters. The summed E-state index contributed by atoms with van der Waals surface area (Å²) in [6, 6.07) is 14.6. The molecule has 3 aromatic heterocycles. The van der Waals surface area contributed by atoms with Gasteiger partial charge >= 0.3 is 5.88 Å². The zero-order valence-corrected chi connectivity index (χ0v) is 16.1. The molecule has 4 aromatic rings. The van der Waals surface area contributed by atoms with Gasteiger partial charge in [0.1, 0.15) is 10.7 Å². The molecule has 144 valence electrons. The molecule has 0 bridgehead atoms. The van der Waals surface area contributed by atoms with Crippen molar-refractivity contribution >= 4 is 23.7 Å². The normalized spacial score (nSPS) is 11.2. The summed E-state index contributed by atoms with van der Waals surface area (Å²) in [4.78, 5) is 14.2. The van der Waals surface area contributed by atoms with E-state index in [0.717, 1.165) is 16.8 Å². The first-order chi connectivity index (χ1) is 14.1. The number of aromatic nitrogens is 4. The van der Waals surface area contributed by atoms with Crippen molar-refractivity contribution in [1.82, 2.24) is 19.7 Å². The SMILES string of the molecule is Cc1ccccc1-n1c(S/C=C/c2ccc([N+](=O)[O-])o2)nnc1-c1ccncc1. The molecule has 0 aliphatic rings. The third-order valence-electron chi connectivity index (χ3n) is 4.13. The van der Waals surface area contributed by atoms with E-state index in [1.54, 1.807) is 29.9 Å². The van der Waals surface area contributed by atoms with E-state index in [4.69, 9.17) is 4.42 Å². The maximum atomic E-state index is 10.7. The summed E-state index contributed by atoms with van der Waals surface area (Å²) in [7, 11) is 0. The van der Waals surface area contributed by atoms with Crippen LogP contribution in [0.15, 0.2) is 75.9 Å². The highest BCUT2D eigenvalue weighted by Crippen LogP contribution is 2.30. The Morgan fingerprint density at radius 1 is 1.10 bits per heavy atom. The molecule has 29 heavy (non-hydrogen) atoms. The second kappa shape index (κ2) is 8.11. The zero-order chi connectivity index (χ0) is 20.2. The Balaban J connectivity index is 1.70. The highest BCUT2D eigenvalue weighted by atomic mass is 32.2. The molecule has 9 heteroatoms. The molecular formula is C20H15N5O3S. The molecule has 0 fully saturated rings. The molecule has 0 saturated heterocycles. The lowest BCUT2D eigenvalue weighted by Crippen LogP contribution is -2.01. The molecule has 0 N–H and O–H groups in total. The second-order valence-electron chi connectivity index (χ2n) is 6.02. The maximum absolute atomic E-state index is 10.7. The summed E-state index contributed by atoms with van der Waals surface area (Å²) >= 11 is 1.34. The van der Waals surface area contributed by atoms with Crippen LogP contribution in [0.5, 0.6) is 0 Å². The van der Waals surface area contributed by atoms with Crippen molar-refractivity contribution in [3.63, 3.8) is 0 Å². The Morgan fingerprint density at radius 2 is 1.90 bits per heavy atom. The van der Waals surface area contributed by atoms with Crippen LogP contribution in [0.25, 0.3) is 23.2 Å². The second-order valence-corrected chi connectivity index (χ2v) is 6.89. The molecule has 0 radical (unpaired) electrons. The van der Waals surface area contributed by atoms with Gasteiger partial charge in [-0.3, -0.25) is 19.7 Å². The molecule has 3 heterocycles. The van der Waals surface area contributed by atoms with E-state index < -0.39 is 4.92 Å². The van der Waals surface area contributed by atoms with E-state index in [1.807, 2.05) is 47.9 Å². The van der Waals surface area contributed by atoms with Crippen molar-refractivity contribution in [3.8, 4) is 17.1 Å². The van der Waals surface area contributed by atoms with Crippen molar-refractivity contribution in [2.45, 2.75) is 12.1 Å². The lowest BCUT2D eigenvalue weighted by Gasteiger charge is -2.12. The van der Waals surface area contributed by atoms with Gasteiger partial charge in [0.15, 0.2) is 11.0 Å². The number of para-hydroxylation sites is 1. The summed E-state index contributed by atoms with van der Waals surface area (Å²) in [5.41, 5.74) is 2.94. The zero-order valence-electron chi connectivity index (χ0n) is 15.3. The molecule has 4 rings (SSSR count). The minimum atomic E-state index is -0.569. The highest BCUT2D eigenvalue weighted by Gasteiger charge is 2.17. The lowest BCUT2D eigenvalue weighted by atomic mass is 10.2. The van der Waals surface area contributed by atoms with E-state index in [2.05, 4.69) is 15.2 Å². The van der Waals surface area contributed by atoms with E-state index in [0.29, 0.717) is 16.7 Å². The summed E-state index contributed by atoms with van der Waals surface area (Å²) in [5.74, 6) is 0.796. The first-order valence-electron chi connectivity index (χ1n) is 8.63. The van der Waals surface area contributed by atoms with Gasteiger partial charge in [-0.2, -0.15) is 0 Å². The van der Waals surface area contributed by atoms with Gasteiger partial charge in [0.25, 0.3) is 0 Å². The molecule has 8 nitrogen and oxygen atoms in total. The number of rotatable bonds is 6. The number of hydrogen-bond donors (Lipinski definition) is 0. The number of nitrogens with zero attached hydrogens (tertiary/aromatic N) is 5. The molecule has 0 atom stereocenters. The Morgan fingerprint density at radius 3 is 2.62 bits per heavy atom. The number of hydrogen-bond acceptors (Lipinski definition) is 7. The number of aryl methyl sites for hydroxylation is 1.